The Morgan fingerprint density at radius 3 is 2.90 bits per heavy atom. The molecule has 1 aromatic carbocycles. The normalized spacial score (nSPS) is 17.5. The summed E-state index contributed by atoms with van der Waals surface area (Å²) in [6, 6.07) is 3.80. The second-order valence-electron chi connectivity index (χ2n) is 4.21. The van der Waals surface area contributed by atoms with Crippen LogP contribution in [0.2, 0.25) is 0 Å². The molecule has 8 nitrogen and oxygen atoms in total. The zero-order valence-electron chi connectivity index (χ0n) is 11.3. The molecule has 1 atom stereocenters. The number of nitro benzene ring substituents is 1. The molecule has 0 aromatic heterocycles. The minimum absolute atomic E-state index is 0. The van der Waals surface area contributed by atoms with Crippen LogP contribution in [0.1, 0.15) is 0 Å². The summed E-state index contributed by atoms with van der Waals surface area (Å²) in [5, 5.41) is 16.5. The molecule has 0 saturated carbocycles. The van der Waals surface area contributed by atoms with Crippen LogP contribution >= 0.6 is 12.4 Å². The zero-order chi connectivity index (χ0) is 14.5. The van der Waals surface area contributed by atoms with Crippen LogP contribution in [0.3, 0.4) is 0 Å². The van der Waals surface area contributed by atoms with E-state index in [4.69, 9.17) is 9.47 Å². The number of ether oxygens (including phenoxy) is 2. The predicted molar refractivity (Wildman–Crippen MR) is 78.1 cm³/mol. The summed E-state index contributed by atoms with van der Waals surface area (Å²) in [6.07, 6.45) is 0. The minimum Gasteiger partial charge on any atom is -0.490 e. The van der Waals surface area contributed by atoms with Crippen molar-refractivity contribution in [3.8, 4) is 5.75 Å². The fourth-order valence-electron chi connectivity index (χ4n) is 1.87. The number of nitrogens with zero attached hydrogens (tertiary/aromatic N) is 1. The van der Waals surface area contributed by atoms with Crippen LogP contribution in [0.15, 0.2) is 18.2 Å². The number of morpholine rings is 1. The number of benzene rings is 1. The van der Waals surface area contributed by atoms with Crippen molar-refractivity contribution in [2.45, 2.75) is 6.04 Å². The molecule has 0 bridgehead atoms. The Bertz CT molecular complexity index is 520. The lowest BCUT2D eigenvalue weighted by molar-refractivity contribution is -0.385. The minimum atomic E-state index is -0.559. The molecule has 9 heteroatoms. The van der Waals surface area contributed by atoms with Gasteiger partial charge < -0.3 is 20.1 Å². The van der Waals surface area contributed by atoms with Gasteiger partial charge in [-0.3, -0.25) is 14.9 Å². The molecular formula is C12H16ClN3O5. The number of nitrogens with one attached hydrogen (secondary N) is 2. The number of nitro groups is 1. The fraction of sp³-hybridized carbons (Fsp3) is 0.417. The van der Waals surface area contributed by atoms with Crippen LogP contribution in [-0.2, 0) is 9.53 Å². The van der Waals surface area contributed by atoms with Crippen LogP contribution in [0.5, 0.6) is 5.75 Å². The molecule has 1 amide bonds. The maximum absolute atomic E-state index is 11.9. The number of carbonyl (C=O) groups is 1. The van der Waals surface area contributed by atoms with Gasteiger partial charge in [0.15, 0.2) is 5.75 Å². The second-order valence-corrected chi connectivity index (χ2v) is 4.21. The summed E-state index contributed by atoms with van der Waals surface area (Å²) >= 11 is 0. The molecule has 1 aliphatic heterocycles. The van der Waals surface area contributed by atoms with Gasteiger partial charge in [-0.15, -0.1) is 12.4 Å². The van der Waals surface area contributed by atoms with Crippen molar-refractivity contribution in [1.82, 2.24) is 5.32 Å². The number of amides is 1. The average Bonchev–Trinajstić information content (AvgIpc) is 2.48. The summed E-state index contributed by atoms with van der Waals surface area (Å²) in [6.45, 7) is 1.45. The first-order valence-electron chi connectivity index (χ1n) is 6.06. The van der Waals surface area contributed by atoms with Crippen molar-refractivity contribution in [3.63, 3.8) is 0 Å². The fourth-order valence-corrected chi connectivity index (χ4v) is 1.87. The lowest BCUT2D eigenvalue weighted by atomic mass is 10.2. The van der Waals surface area contributed by atoms with Gasteiger partial charge in [-0.1, -0.05) is 0 Å². The first kappa shape index (κ1) is 17.2. The molecule has 2 N–H and O–H groups in total. The first-order chi connectivity index (χ1) is 9.61. The standard InChI is InChI=1S/C12H15N3O5.ClH/c1-19-11-3-2-8(6-10(11)15(17)18)14-12(16)9-7-20-5-4-13-9;/h2-3,6,9,13H,4-5,7H2,1H3,(H,14,16);1H. The third-order valence-corrected chi connectivity index (χ3v) is 2.88. The molecule has 1 aromatic rings. The monoisotopic (exact) mass is 317 g/mol. The van der Waals surface area contributed by atoms with Gasteiger partial charge >= 0.3 is 5.69 Å². The van der Waals surface area contributed by atoms with Gasteiger partial charge in [0, 0.05) is 18.3 Å². The molecule has 1 saturated heterocycles. The maximum Gasteiger partial charge on any atom is 0.312 e. The predicted octanol–water partition coefficient (Wildman–Crippen LogP) is 0.952. The lowest BCUT2D eigenvalue weighted by Gasteiger charge is -2.22. The Kier molecular flexibility index (Phi) is 6.35. The Balaban J connectivity index is 0.00000220. The number of halogens is 1. The number of hydrogen-bond acceptors (Lipinski definition) is 6. The topological polar surface area (TPSA) is 103 Å². The van der Waals surface area contributed by atoms with E-state index in [1.807, 2.05) is 0 Å². The number of anilines is 1. The summed E-state index contributed by atoms with van der Waals surface area (Å²) in [7, 11) is 1.35. The highest BCUT2D eigenvalue weighted by Crippen LogP contribution is 2.29. The SMILES string of the molecule is COc1ccc(NC(=O)C2COCCN2)cc1[N+](=O)[O-].Cl. The van der Waals surface area contributed by atoms with Gasteiger partial charge in [0.1, 0.15) is 6.04 Å². The third-order valence-electron chi connectivity index (χ3n) is 2.88. The Morgan fingerprint density at radius 2 is 2.33 bits per heavy atom. The van der Waals surface area contributed by atoms with Crippen LogP contribution in [0.4, 0.5) is 11.4 Å². The Morgan fingerprint density at radius 1 is 1.57 bits per heavy atom. The van der Waals surface area contributed by atoms with Crippen molar-refractivity contribution in [1.29, 1.82) is 0 Å². The average molecular weight is 318 g/mol. The Hall–Kier alpha value is -1.90. The molecule has 1 unspecified atom stereocenters. The smallest absolute Gasteiger partial charge is 0.312 e. The molecule has 1 heterocycles. The summed E-state index contributed by atoms with van der Waals surface area (Å²) in [4.78, 5) is 22.3. The van der Waals surface area contributed by atoms with E-state index in [0.29, 0.717) is 18.8 Å². The van der Waals surface area contributed by atoms with Crippen LogP contribution in [-0.4, -0.2) is 43.7 Å². The van der Waals surface area contributed by atoms with Gasteiger partial charge in [-0.2, -0.15) is 0 Å². The van der Waals surface area contributed by atoms with Gasteiger partial charge in [0.05, 0.1) is 25.2 Å². The molecular weight excluding hydrogens is 302 g/mol. The van der Waals surface area contributed by atoms with Crippen LogP contribution < -0.4 is 15.4 Å². The highest BCUT2D eigenvalue weighted by Gasteiger charge is 2.22. The summed E-state index contributed by atoms with van der Waals surface area (Å²) in [5.41, 5.74) is 0.146. The largest absolute Gasteiger partial charge is 0.490 e. The maximum atomic E-state index is 11.9. The number of hydrogen-bond donors (Lipinski definition) is 2. The van der Waals surface area contributed by atoms with E-state index >= 15 is 0 Å². The molecule has 21 heavy (non-hydrogen) atoms. The van der Waals surface area contributed by atoms with Gasteiger partial charge in [0.25, 0.3) is 0 Å². The van der Waals surface area contributed by atoms with Crippen molar-refractivity contribution in [2.24, 2.45) is 0 Å². The highest BCUT2D eigenvalue weighted by atomic mass is 35.5. The number of methoxy groups -OCH3 is 1. The van der Waals surface area contributed by atoms with E-state index in [1.54, 1.807) is 6.07 Å². The summed E-state index contributed by atoms with van der Waals surface area (Å²) < 4.78 is 10.1. The zero-order valence-corrected chi connectivity index (χ0v) is 12.1. The van der Waals surface area contributed by atoms with Gasteiger partial charge in [0.2, 0.25) is 5.91 Å². The van der Waals surface area contributed by atoms with Gasteiger partial charge in [-0.05, 0) is 12.1 Å². The molecule has 1 aliphatic rings. The van der Waals surface area contributed by atoms with Crippen LogP contribution in [0, 0.1) is 10.1 Å². The molecule has 1 fully saturated rings. The van der Waals surface area contributed by atoms with E-state index in [9.17, 15) is 14.9 Å². The van der Waals surface area contributed by atoms with E-state index in [-0.39, 0.29) is 36.4 Å². The second kappa shape index (κ2) is 7.77. The van der Waals surface area contributed by atoms with Crippen molar-refractivity contribution in [3.05, 3.63) is 28.3 Å². The molecule has 2 rings (SSSR count). The van der Waals surface area contributed by atoms with Crippen molar-refractivity contribution >= 4 is 29.7 Å². The quantitative estimate of drug-likeness (QED) is 0.633. The molecule has 0 aliphatic carbocycles. The van der Waals surface area contributed by atoms with Crippen molar-refractivity contribution < 1.29 is 19.2 Å². The van der Waals surface area contributed by atoms with Crippen LogP contribution in [0.25, 0.3) is 0 Å². The van der Waals surface area contributed by atoms with Crippen molar-refractivity contribution in [2.75, 3.05) is 32.2 Å². The first-order valence-corrected chi connectivity index (χ1v) is 6.06. The number of rotatable bonds is 4. The Labute approximate surface area is 127 Å². The van der Waals surface area contributed by atoms with E-state index in [2.05, 4.69) is 10.6 Å². The van der Waals surface area contributed by atoms with E-state index < -0.39 is 11.0 Å². The van der Waals surface area contributed by atoms with E-state index in [0.717, 1.165) is 0 Å². The van der Waals surface area contributed by atoms with E-state index in [1.165, 1.54) is 19.2 Å². The lowest BCUT2D eigenvalue weighted by Crippen LogP contribution is -2.48. The molecule has 0 radical (unpaired) electrons. The third kappa shape index (κ3) is 4.28. The molecule has 116 valence electrons. The summed E-state index contributed by atoms with van der Waals surface area (Å²) in [5.74, 6) is -0.142. The molecule has 0 spiro atoms. The van der Waals surface area contributed by atoms with Gasteiger partial charge in [-0.25, -0.2) is 0 Å². The highest BCUT2D eigenvalue weighted by molar-refractivity contribution is 5.95. The number of carbonyl (C=O) groups excluding carboxylic acids is 1.